The van der Waals surface area contributed by atoms with Gasteiger partial charge in [0.25, 0.3) is 0 Å². The van der Waals surface area contributed by atoms with Crippen molar-refractivity contribution in [1.29, 1.82) is 0 Å². The van der Waals surface area contributed by atoms with Gasteiger partial charge in [0.05, 0.1) is 17.6 Å². The molecule has 0 aromatic heterocycles. The predicted molar refractivity (Wildman–Crippen MR) is 132 cm³/mol. The molecule has 3 aliphatic rings. The van der Waals surface area contributed by atoms with E-state index in [-0.39, 0.29) is 24.8 Å². The van der Waals surface area contributed by atoms with Crippen LogP contribution in [-0.2, 0) is 45.4 Å². The molecule has 1 spiro atoms. The molecule has 1 aromatic rings. The number of benzene rings is 1. The fourth-order valence-corrected chi connectivity index (χ4v) is 6.21. The first-order valence-electron chi connectivity index (χ1n) is 12.6. The quantitative estimate of drug-likeness (QED) is 0.323. The number of esters is 3. The molecule has 2 heterocycles. The number of aryl methyl sites for hydroxylation is 1. The summed E-state index contributed by atoms with van der Waals surface area (Å²) >= 11 is 0. The van der Waals surface area contributed by atoms with Crippen LogP contribution in [0.5, 0.6) is 5.75 Å². The first kappa shape index (κ1) is 28.5. The van der Waals surface area contributed by atoms with Gasteiger partial charge in [-0.2, -0.15) is 0 Å². The Balaban J connectivity index is 1.80. The van der Waals surface area contributed by atoms with Gasteiger partial charge in [0, 0.05) is 37.4 Å². The largest absolute Gasteiger partial charge is 0.481 e. The highest BCUT2D eigenvalue weighted by Crippen LogP contribution is 2.61. The Kier molecular flexibility index (Phi) is 7.50. The van der Waals surface area contributed by atoms with Crippen molar-refractivity contribution in [2.24, 2.45) is 0 Å². The summed E-state index contributed by atoms with van der Waals surface area (Å²) < 4.78 is 21.7. The number of nitrogens with zero attached hydrogens (tertiary/aromatic N) is 1. The Morgan fingerprint density at radius 3 is 2.38 bits per heavy atom. The first-order valence-corrected chi connectivity index (χ1v) is 12.6. The number of ether oxygens (including phenoxy) is 4. The van der Waals surface area contributed by atoms with Crippen molar-refractivity contribution < 1.29 is 53.4 Å². The number of likely N-dealkylation sites (tertiary alicyclic amines) is 1. The number of carbonyl (C=O) groups excluding carboxylic acids is 3. The van der Waals surface area contributed by atoms with Gasteiger partial charge < -0.3 is 39.2 Å². The van der Waals surface area contributed by atoms with Gasteiger partial charge in [-0.05, 0) is 45.5 Å². The van der Waals surface area contributed by atoms with Crippen molar-refractivity contribution in [3.8, 4) is 5.75 Å². The molecule has 1 saturated heterocycles. The van der Waals surface area contributed by atoms with E-state index in [4.69, 9.17) is 18.9 Å². The molecule has 12 nitrogen and oxygen atoms in total. The maximum atomic E-state index is 13.3. The predicted octanol–water partition coefficient (Wildman–Crippen LogP) is 0.720. The first-order chi connectivity index (χ1) is 18.3. The summed E-state index contributed by atoms with van der Waals surface area (Å²) in [5.74, 6) is -4.61. The van der Waals surface area contributed by atoms with Crippen molar-refractivity contribution in [1.82, 2.24) is 4.90 Å². The van der Waals surface area contributed by atoms with E-state index in [1.807, 2.05) is 31.9 Å². The molecule has 4 rings (SSSR count). The highest BCUT2D eigenvalue weighted by atomic mass is 16.6. The van der Waals surface area contributed by atoms with Gasteiger partial charge in [-0.1, -0.05) is 12.1 Å². The van der Waals surface area contributed by atoms with E-state index in [0.717, 1.165) is 19.4 Å². The standard InChI is InChI=1S/C27H33NO11/c1-13-6-7-17(12-29)20-19(13)26-10-11-28(5)14(2)27(26,35)9-8-18(23(26)39-20)38-25(34)22(37-16(4)31)21(24(32)33)36-15(3)30/h6-8,14,21-23,29,35H,9-12H2,1-5H3,(H,32,33)/t14-,21-,22-,23+,26+,27-/m1/s1. The monoisotopic (exact) mass is 547 g/mol. The molecule has 1 fully saturated rings. The number of aliphatic hydroxyl groups excluding tert-OH is 1. The van der Waals surface area contributed by atoms with Crippen LogP contribution in [0.2, 0.25) is 0 Å². The Morgan fingerprint density at radius 2 is 1.79 bits per heavy atom. The van der Waals surface area contributed by atoms with Crippen LogP contribution in [0.4, 0.5) is 0 Å². The van der Waals surface area contributed by atoms with Crippen LogP contribution in [0.1, 0.15) is 50.3 Å². The lowest BCUT2D eigenvalue weighted by atomic mass is 9.54. The molecule has 0 bridgehead atoms. The molecule has 0 amide bonds. The van der Waals surface area contributed by atoms with E-state index in [2.05, 4.69) is 0 Å². The molecule has 39 heavy (non-hydrogen) atoms. The average molecular weight is 548 g/mol. The Morgan fingerprint density at radius 1 is 1.15 bits per heavy atom. The molecule has 1 aromatic carbocycles. The summed E-state index contributed by atoms with van der Waals surface area (Å²) in [5, 5.41) is 31.9. The van der Waals surface area contributed by atoms with Crippen LogP contribution in [0.3, 0.4) is 0 Å². The number of carboxylic acids is 1. The van der Waals surface area contributed by atoms with E-state index in [1.54, 1.807) is 6.07 Å². The van der Waals surface area contributed by atoms with Gasteiger partial charge in [-0.25, -0.2) is 9.59 Å². The van der Waals surface area contributed by atoms with Crippen molar-refractivity contribution in [2.45, 2.75) is 82.5 Å². The minimum atomic E-state index is -2.15. The molecule has 6 atom stereocenters. The third-order valence-electron chi connectivity index (χ3n) is 8.16. The van der Waals surface area contributed by atoms with E-state index in [9.17, 15) is 34.5 Å². The fraction of sp³-hybridized carbons (Fsp3) is 0.556. The van der Waals surface area contributed by atoms with Crippen molar-refractivity contribution >= 4 is 23.9 Å². The lowest BCUT2D eigenvalue weighted by Crippen LogP contribution is -2.71. The highest BCUT2D eigenvalue weighted by Gasteiger charge is 2.69. The van der Waals surface area contributed by atoms with Crippen molar-refractivity contribution in [2.75, 3.05) is 13.6 Å². The summed E-state index contributed by atoms with van der Waals surface area (Å²) in [6, 6.07) is 3.23. The topological polar surface area (TPSA) is 169 Å². The molecule has 12 heteroatoms. The van der Waals surface area contributed by atoms with E-state index < -0.39 is 53.2 Å². The summed E-state index contributed by atoms with van der Waals surface area (Å²) in [7, 11) is 1.91. The zero-order valence-corrected chi connectivity index (χ0v) is 22.4. The van der Waals surface area contributed by atoms with E-state index in [1.165, 1.54) is 6.08 Å². The molecule has 2 aliphatic heterocycles. The lowest BCUT2D eigenvalue weighted by Gasteiger charge is -2.58. The van der Waals surface area contributed by atoms with Crippen LogP contribution in [0.15, 0.2) is 24.0 Å². The number of hydrogen-bond acceptors (Lipinski definition) is 11. The third-order valence-corrected chi connectivity index (χ3v) is 8.16. The minimum Gasteiger partial charge on any atom is -0.481 e. The second kappa shape index (κ2) is 10.2. The molecular weight excluding hydrogens is 514 g/mol. The third kappa shape index (κ3) is 4.46. The maximum Gasteiger partial charge on any atom is 0.357 e. The summed E-state index contributed by atoms with van der Waals surface area (Å²) in [5.41, 5.74) is -0.402. The number of rotatable bonds is 7. The number of aliphatic hydroxyl groups is 2. The number of likely N-dealkylation sites (N-methyl/N-ethyl adjacent to an activating group) is 1. The highest BCUT2D eigenvalue weighted by molar-refractivity contribution is 5.88. The fourth-order valence-electron chi connectivity index (χ4n) is 6.21. The molecule has 3 N–H and O–H groups in total. The minimum absolute atomic E-state index is 0.00923. The molecular formula is C27H33NO11. The van der Waals surface area contributed by atoms with Crippen LogP contribution >= 0.6 is 0 Å². The summed E-state index contributed by atoms with van der Waals surface area (Å²) in [6.07, 6.45) is -3.28. The second-order valence-corrected chi connectivity index (χ2v) is 10.3. The lowest BCUT2D eigenvalue weighted by molar-refractivity contribution is -0.189. The molecule has 212 valence electrons. The van der Waals surface area contributed by atoms with E-state index >= 15 is 0 Å². The van der Waals surface area contributed by atoms with Gasteiger partial charge in [-0.15, -0.1) is 0 Å². The van der Waals surface area contributed by atoms with Gasteiger partial charge in [0.2, 0.25) is 12.2 Å². The van der Waals surface area contributed by atoms with Crippen molar-refractivity contribution in [3.05, 3.63) is 40.7 Å². The molecule has 0 radical (unpaired) electrons. The summed E-state index contributed by atoms with van der Waals surface area (Å²) in [4.78, 5) is 50.4. The van der Waals surface area contributed by atoms with Gasteiger partial charge in [0.15, 0.2) is 6.10 Å². The molecule has 1 aliphatic carbocycles. The molecule has 0 saturated carbocycles. The number of carboxylic acid groups (broad SMARTS) is 1. The van der Waals surface area contributed by atoms with Gasteiger partial charge >= 0.3 is 23.9 Å². The smallest absolute Gasteiger partial charge is 0.357 e. The number of carbonyl (C=O) groups is 4. The number of aliphatic carboxylic acids is 1. The summed E-state index contributed by atoms with van der Waals surface area (Å²) in [6.45, 7) is 5.95. The number of hydrogen-bond donors (Lipinski definition) is 3. The zero-order chi connectivity index (χ0) is 28.9. The van der Waals surface area contributed by atoms with Gasteiger partial charge in [-0.3, -0.25) is 9.59 Å². The second-order valence-electron chi connectivity index (χ2n) is 10.3. The van der Waals surface area contributed by atoms with Gasteiger partial charge in [0.1, 0.15) is 11.5 Å². The van der Waals surface area contributed by atoms with Crippen molar-refractivity contribution in [3.63, 3.8) is 0 Å². The Labute approximate surface area is 225 Å². The van der Waals surface area contributed by atoms with Crippen LogP contribution in [-0.4, -0.2) is 87.6 Å². The SMILES string of the molecule is CC(=O)O[C@@H](C(=O)O)[C@@H](OC(C)=O)C(=O)OC1=CC[C@@]2(O)[C@@H](C)N(C)CC[C@@]23c2c(C)ccc(CO)c2O[C@@H]13. The number of fused-ring (bicyclic) bond motifs is 1. The van der Waals surface area contributed by atoms with E-state index in [0.29, 0.717) is 29.8 Å². The maximum absolute atomic E-state index is 13.3. The van der Waals surface area contributed by atoms with Crippen LogP contribution < -0.4 is 4.74 Å². The Bertz CT molecular complexity index is 1240. The van der Waals surface area contributed by atoms with Crippen LogP contribution in [0.25, 0.3) is 0 Å². The average Bonchev–Trinajstić information content (AvgIpc) is 3.23. The number of piperidine rings is 1. The Hall–Kier alpha value is -3.48. The molecule has 0 unspecified atom stereocenters. The zero-order valence-electron chi connectivity index (χ0n) is 22.4. The van der Waals surface area contributed by atoms with Crippen LogP contribution in [0, 0.1) is 6.92 Å². The normalized spacial score (nSPS) is 28.9.